The lowest BCUT2D eigenvalue weighted by atomic mass is 10.2. The highest BCUT2D eigenvalue weighted by molar-refractivity contribution is 6.33. The molecule has 6 nitrogen and oxygen atoms in total. The molecule has 7 heteroatoms. The molecule has 0 saturated heterocycles. The van der Waals surface area contributed by atoms with E-state index in [4.69, 9.17) is 16.7 Å². The number of aromatic nitrogens is 1. The highest BCUT2D eigenvalue weighted by atomic mass is 35.5. The molecule has 0 aromatic carbocycles. The molecule has 0 aliphatic carbocycles. The average Bonchev–Trinajstić information content (AvgIpc) is 2.35. The fourth-order valence-electron chi connectivity index (χ4n) is 1.31. The standard InChI is InChI=1S/C11H14ClN3O3/c1-13-10(16)3-4-15(2)9-5-7(11(17)18)8(12)6-14-9/h5-6H,3-4H2,1-2H3,(H,13,16)(H,17,18). The first kappa shape index (κ1) is 14.2. The van der Waals surface area contributed by atoms with Gasteiger partial charge in [-0.3, -0.25) is 4.79 Å². The Balaban J connectivity index is 2.80. The van der Waals surface area contributed by atoms with Gasteiger partial charge in [0.2, 0.25) is 5.91 Å². The third kappa shape index (κ3) is 3.59. The van der Waals surface area contributed by atoms with Crippen LogP contribution in [0, 0.1) is 0 Å². The number of hydrogen-bond acceptors (Lipinski definition) is 4. The van der Waals surface area contributed by atoms with Crippen LogP contribution in [-0.2, 0) is 4.79 Å². The van der Waals surface area contributed by atoms with Crippen molar-refractivity contribution < 1.29 is 14.7 Å². The van der Waals surface area contributed by atoms with E-state index in [0.29, 0.717) is 18.8 Å². The van der Waals surface area contributed by atoms with Crippen molar-refractivity contribution in [2.75, 3.05) is 25.5 Å². The van der Waals surface area contributed by atoms with E-state index in [1.807, 2.05) is 0 Å². The van der Waals surface area contributed by atoms with Crippen LogP contribution in [0.1, 0.15) is 16.8 Å². The van der Waals surface area contributed by atoms with Gasteiger partial charge in [-0.25, -0.2) is 9.78 Å². The Bertz CT molecular complexity index is 465. The minimum Gasteiger partial charge on any atom is -0.478 e. The van der Waals surface area contributed by atoms with Crippen LogP contribution in [0.5, 0.6) is 0 Å². The van der Waals surface area contributed by atoms with Crippen LogP contribution in [0.4, 0.5) is 5.82 Å². The predicted molar refractivity (Wildman–Crippen MR) is 68.2 cm³/mol. The Kier molecular flexibility index (Phi) is 4.91. The molecular weight excluding hydrogens is 258 g/mol. The maximum absolute atomic E-state index is 11.1. The summed E-state index contributed by atoms with van der Waals surface area (Å²) in [6, 6.07) is 1.38. The monoisotopic (exact) mass is 271 g/mol. The van der Waals surface area contributed by atoms with E-state index in [2.05, 4.69) is 10.3 Å². The van der Waals surface area contributed by atoms with Crippen molar-refractivity contribution in [2.45, 2.75) is 6.42 Å². The van der Waals surface area contributed by atoms with Crippen LogP contribution in [0.15, 0.2) is 12.3 Å². The molecule has 1 amide bonds. The van der Waals surface area contributed by atoms with Gasteiger partial charge in [0.15, 0.2) is 0 Å². The van der Waals surface area contributed by atoms with E-state index in [0.717, 1.165) is 0 Å². The molecule has 0 unspecified atom stereocenters. The lowest BCUT2D eigenvalue weighted by molar-refractivity contribution is -0.120. The number of halogens is 1. The van der Waals surface area contributed by atoms with Gasteiger partial charge in [-0.05, 0) is 6.07 Å². The second-order valence-corrected chi connectivity index (χ2v) is 4.08. The van der Waals surface area contributed by atoms with Gasteiger partial charge >= 0.3 is 5.97 Å². The lowest BCUT2D eigenvalue weighted by Crippen LogP contribution is -2.27. The third-order valence-electron chi connectivity index (χ3n) is 2.42. The number of rotatable bonds is 5. The van der Waals surface area contributed by atoms with E-state index >= 15 is 0 Å². The second-order valence-electron chi connectivity index (χ2n) is 3.67. The number of carboxylic acids is 1. The molecule has 1 aromatic rings. The van der Waals surface area contributed by atoms with E-state index in [1.165, 1.54) is 12.3 Å². The second kappa shape index (κ2) is 6.20. The Labute approximate surface area is 110 Å². The third-order valence-corrected chi connectivity index (χ3v) is 2.72. The molecule has 0 aliphatic heterocycles. The number of carboxylic acid groups (broad SMARTS) is 1. The first-order valence-electron chi connectivity index (χ1n) is 5.26. The summed E-state index contributed by atoms with van der Waals surface area (Å²) in [5, 5.41) is 11.5. The molecule has 0 spiro atoms. The van der Waals surface area contributed by atoms with Gasteiger partial charge in [0.1, 0.15) is 5.82 Å². The van der Waals surface area contributed by atoms with Gasteiger partial charge in [0.05, 0.1) is 10.6 Å². The topological polar surface area (TPSA) is 82.5 Å². The number of amides is 1. The van der Waals surface area contributed by atoms with Crippen molar-refractivity contribution in [1.82, 2.24) is 10.3 Å². The number of nitrogens with one attached hydrogen (secondary N) is 1. The minimum absolute atomic E-state index is 0.00606. The predicted octanol–water partition coefficient (Wildman–Crippen LogP) is 1.01. The smallest absolute Gasteiger partial charge is 0.337 e. The molecule has 18 heavy (non-hydrogen) atoms. The van der Waals surface area contributed by atoms with E-state index in [9.17, 15) is 9.59 Å². The highest BCUT2D eigenvalue weighted by Crippen LogP contribution is 2.19. The largest absolute Gasteiger partial charge is 0.478 e. The summed E-state index contributed by atoms with van der Waals surface area (Å²) in [6.45, 7) is 0.438. The normalized spacial score (nSPS) is 9.94. The van der Waals surface area contributed by atoms with E-state index < -0.39 is 5.97 Å². The molecule has 1 heterocycles. The molecule has 1 aromatic heterocycles. The number of hydrogen-bond donors (Lipinski definition) is 2. The number of carbonyl (C=O) groups is 2. The molecular formula is C11H14ClN3O3. The van der Waals surface area contributed by atoms with Crippen molar-refractivity contribution in [2.24, 2.45) is 0 Å². The minimum atomic E-state index is -1.11. The lowest BCUT2D eigenvalue weighted by Gasteiger charge is -2.18. The fourth-order valence-corrected chi connectivity index (χ4v) is 1.49. The molecule has 0 saturated carbocycles. The summed E-state index contributed by atoms with van der Waals surface area (Å²) < 4.78 is 0. The molecule has 2 N–H and O–H groups in total. The fraction of sp³-hybridized carbons (Fsp3) is 0.364. The van der Waals surface area contributed by atoms with Crippen molar-refractivity contribution in [3.05, 3.63) is 22.8 Å². The zero-order valence-electron chi connectivity index (χ0n) is 10.1. The molecule has 0 radical (unpaired) electrons. The maximum Gasteiger partial charge on any atom is 0.337 e. The zero-order chi connectivity index (χ0) is 13.7. The van der Waals surface area contributed by atoms with Gasteiger partial charge in [0, 0.05) is 33.3 Å². The van der Waals surface area contributed by atoms with Gasteiger partial charge in [-0.1, -0.05) is 11.6 Å². The van der Waals surface area contributed by atoms with Gasteiger partial charge in [-0.15, -0.1) is 0 Å². The summed E-state index contributed by atoms with van der Waals surface area (Å²) in [6.07, 6.45) is 1.59. The maximum atomic E-state index is 11.1. The van der Waals surface area contributed by atoms with Crippen molar-refractivity contribution in [3.63, 3.8) is 0 Å². The number of pyridine rings is 1. The SMILES string of the molecule is CNC(=O)CCN(C)c1cc(C(=O)O)c(Cl)cn1. The molecule has 0 aliphatic rings. The summed E-state index contributed by atoms with van der Waals surface area (Å²) in [5.74, 6) is -0.738. The quantitative estimate of drug-likeness (QED) is 0.835. The molecule has 1 rings (SSSR count). The number of anilines is 1. The van der Waals surface area contributed by atoms with Crippen LogP contribution in [0.3, 0.4) is 0 Å². The summed E-state index contributed by atoms with van der Waals surface area (Å²) in [7, 11) is 3.29. The molecule has 0 fully saturated rings. The Hall–Kier alpha value is -1.82. The first-order chi connectivity index (χ1) is 8.45. The summed E-state index contributed by atoms with van der Waals surface area (Å²) >= 11 is 5.72. The first-order valence-corrected chi connectivity index (χ1v) is 5.64. The highest BCUT2D eigenvalue weighted by Gasteiger charge is 2.13. The molecule has 0 bridgehead atoms. The van der Waals surface area contributed by atoms with Gasteiger partial charge < -0.3 is 15.3 Å². The van der Waals surface area contributed by atoms with Crippen molar-refractivity contribution in [3.8, 4) is 0 Å². The van der Waals surface area contributed by atoms with Gasteiger partial charge in [0.25, 0.3) is 0 Å². The number of carbonyl (C=O) groups excluding carboxylic acids is 1. The van der Waals surface area contributed by atoms with Gasteiger partial charge in [-0.2, -0.15) is 0 Å². The van der Waals surface area contributed by atoms with Crippen molar-refractivity contribution in [1.29, 1.82) is 0 Å². The Morgan fingerprint density at radius 2 is 2.22 bits per heavy atom. The van der Waals surface area contributed by atoms with E-state index in [-0.39, 0.29) is 16.5 Å². The number of aromatic carboxylic acids is 1. The van der Waals surface area contributed by atoms with Crippen LogP contribution < -0.4 is 10.2 Å². The molecule has 0 atom stereocenters. The van der Waals surface area contributed by atoms with E-state index in [1.54, 1.807) is 19.0 Å². The number of nitrogens with zero attached hydrogens (tertiary/aromatic N) is 2. The molecule has 98 valence electrons. The van der Waals surface area contributed by atoms with Crippen molar-refractivity contribution >= 4 is 29.3 Å². The Morgan fingerprint density at radius 3 is 2.78 bits per heavy atom. The van der Waals surface area contributed by atoms with Crippen LogP contribution in [0.2, 0.25) is 5.02 Å². The summed E-state index contributed by atoms with van der Waals surface area (Å²) in [4.78, 5) is 27.7. The van der Waals surface area contributed by atoms with Crippen LogP contribution >= 0.6 is 11.6 Å². The summed E-state index contributed by atoms with van der Waals surface area (Å²) in [5.41, 5.74) is -0.00606. The van der Waals surface area contributed by atoms with Crippen LogP contribution in [-0.4, -0.2) is 42.6 Å². The average molecular weight is 272 g/mol. The zero-order valence-corrected chi connectivity index (χ0v) is 10.9. The van der Waals surface area contributed by atoms with Crippen LogP contribution in [0.25, 0.3) is 0 Å². The Morgan fingerprint density at radius 1 is 1.56 bits per heavy atom.